The predicted octanol–water partition coefficient (Wildman–Crippen LogP) is 4.77. The quantitative estimate of drug-likeness (QED) is 0.582. The van der Waals surface area contributed by atoms with E-state index < -0.39 is 11.9 Å². The van der Waals surface area contributed by atoms with E-state index in [4.69, 9.17) is 13.9 Å². The normalized spacial score (nSPS) is 22.4. The summed E-state index contributed by atoms with van der Waals surface area (Å²) in [5.41, 5.74) is 0.930. The Kier molecular flexibility index (Phi) is 7.36. The molecule has 1 unspecified atom stereocenters. The Morgan fingerprint density at radius 2 is 1.79 bits per heavy atom. The van der Waals surface area contributed by atoms with Crippen molar-refractivity contribution >= 4 is 23.7 Å². The number of esters is 1. The van der Waals surface area contributed by atoms with E-state index in [2.05, 4.69) is 6.92 Å². The van der Waals surface area contributed by atoms with E-state index in [1.807, 2.05) is 0 Å². The van der Waals surface area contributed by atoms with E-state index >= 15 is 0 Å². The molecule has 4 rings (SSSR count). The van der Waals surface area contributed by atoms with Crippen LogP contribution in [-0.4, -0.2) is 48.8 Å². The second-order valence-corrected chi connectivity index (χ2v) is 9.11. The molecule has 0 spiro atoms. The van der Waals surface area contributed by atoms with Gasteiger partial charge in [0.1, 0.15) is 11.3 Å². The maximum atomic E-state index is 13.8. The lowest BCUT2D eigenvalue weighted by Crippen LogP contribution is -2.45. The molecule has 1 atom stereocenters. The van der Waals surface area contributed by atoms with Crippen molar-refractivity contribution in [2.45, 2.75) is 52.0 Å². The van der Waals surface area contributed by atoms with Gasteiger partial charge in [0.15, 0.2) is 0 Å². The van der Waals surface area contributed by atoms with E-state index in [-0.39, 0.29) is 41.5 Å². The molecular formula is C26H31NO7. The lowest BCUT2D eigenvalue weighted by molar-refractivity contribution is -0.124. The zero-order valence-corrected chi connectivity index (χ0v) is 19.6. The number of carboxylic acid groups (broad SMARTS) is 1. The molecule has 182 valence electrons. The Morgan fingerprint density at radius 3 is 2.38 bits per heavy atom. The minimum atomic E-state index is -1.03. The van der Waals surface area contributed by atoms with Crippen LogP contribution in [0.25, 0.3) is 11.3 Å². The molecule has 2 heterocycles. The molecule has 0 radical (unpaired) electrons. The van der Waals surface area contributed by atoms with Gasteiger partial charge in [-0.15, -0.1) is 0 Å². The van der Waals surface area contributed by atoms with Gasteiger partial charge in [0.25, 0.3) is 0 Å². The molecule has 1 aromatic heterocycles. The van der Waals surface area contributed by atoms with Crippen molar-refractivity contribution in [3.05, 3.63) is 41.5 Å². The lowest BCUT2D eigenvalue weighted by Gasteiger charge is -2.33. The average Bonchev–Trinajstić information content (AvgIpc) is 3.51. The molecule has 1 N–H and O–H groups in total. The standard InChI is InChI=1S/C26H31NO7/c1-3-33-26(31)21-14-22(17-8-10-19(11-9-17)25(29)30)34-24(21)27(20-12-13-32-15-20)23(28)18-6-4-16(2)5-7-18/h8-11,14,16,18,20H,3-7,12-13,15H2,1-2H3,(H,29,30)/t16-,18-,20?. The highest BCUT2D eigenvalue weighted by Crippen LogP contribution is 2.38. The second-order valence-electron chi connectivity index (χ2n) is 9.11. The summed E-state index contributed by atoms with van der Waals surface area (Å²) in [6, 6.07) is 7.53. The van der Waals surface area contributed by atoms with Gasteiger partial charge in [0, 0.05) is 24.2 Å². The fourth-order valence-electron chi connectivity index (χ4n) is 4.71. The number of ether oxygens (including phenoxy) is 2. The highest BCUT2D eigenvalue weighted by molar-refractivity contribution is 6.03. The molecule has 1 aliphatic heterocycles. The van der Waals surface area contributed by atoms with Crippen molar-refractivity contribution in [3.63, 3.8) is 0 Å². The summed E-state index contributed by atoms with van der Waals surface area (Å²) >= 11 is 0. The average molecular weight is 470 g/mol. The fourth-order valence-corrected chi connectivity index (χ4v) is 4.71. The summed E-state index contributed by atoms with van der Waals surface area (Å²) in [7, 11) is 0. The third-order valence-corrected chi connectivity index (χ3v) is 6.72. The number of carboxylic acids is 1. The first-order valence-corrected chi connectivity index (χ1v) is 11.9. The number of furan rings is 1. The van der Waals surface area contributed by atoms with E-state index in [0.29, 0.717) is 36.9 Å². The van der Waals surface area contributed by atoms with Gasteiger partial charge in [0.2, 0.25) is 11.8 Å². The minimum Gasteiger partial charge on any atom is -0.478 e. The monoisotopic (exact) mass is 469 g/mol. The highest BCUT2D eigenvalue weighted by atomic mass is 16.5. The van der Waals surface area contributed by atoms with E-state index in [9.17, 15) is 19.5 Å². The molecule has 2 aromatic rings. The number of benzene rings is 1. The molecule has 8 nitrogen and oxygen atoms in total. The topological polar surface area (TPSA) is 106 Å². The van der Waals surface area contributed by atoms with Gasteiger partial charge in [-0.2, -0.15) is 0 Å². The minimum absolute atomic E-state index is 0.0462. The molecule has 1 amide bonds. The molecule has 2 fully saturated rings. The van der Waals surface area contributed by atoms with Crippen LogP contribution >= 0.6 is 0 Å². The van der Waals surface area contributed by atoms with Crippen LogP contribution in [0.1, 0.15) is 66.7 Å². The number of aromatic carboxylic acids is 1. The Bertz CT molecular complexity index is 1030. The van der Waals surface area contributed by atoms with Crippen LogP contribution < -0.4 is 4.90 Å². The number of anilines is 1. The zero-order valence-electron chi connectivity index (χ0n) is 19.6. The highest BCUT2D eigenvalue weighted by Gasteiger charge is 2.39. The lowest BCUT2D eigenvalue weighted by atomic mass is 9.82. The number of hydrogen-bond acceptors (Lipinski definition) is 6. The number of amides is 1. The molecule has 1 saturated carbocycles. The van der Waals surface area contributed by atoms with Crippen molar-refractivity contribution in [1.29, 1.82) is 0 Å². The Morgan fingerprint density at radius 1 is 1.09 bits per heavy atom. The molecule has 1 aliphatic carbocycles. The van der Waals surface area contributed by atoms with Crippen LogP contribution in [0.2, 0.25) is 0 Å². The summed E-state index contributed by atoms with van der Waals surface area (Å²) < 4.78 is 17.0. The van der Waals surface area contributed by atoms with E-state index in [0.717, 1.165) is 25.7 Å². The third kappa shape index (κ3) is 5.01. The molecule has 1 saturated heterocycles. The first-order chi connectivity index (χ1) is 16.4. The maximum absolute atomic E-state index is 13.8. The summed E-state index contributed by atoms with van der Waals surface area (Å²) in [5, 5.41) is 9.18. The van der Waals surface area contributed by atoms with Crippen LogP contribution in [0.4, 0.5) is 5.88 Å². The van der Waals surface area contributed by atoms with Gasteiger partial charge in [0.05, 0.1) is 24.8 Å². The van der Waals surface area contributed by atoms with E-state index in [1.165, 1.54) is 12.1 Å². The summed E-state index contributed by atoms with van der Waals surface area (Å²) in [4.78, 5) is 39.5. The largest absolute Gasteiger partial charge is 0.478 e. The maximum Gasteiger partial charge on any atom is 0.343 e. The van der Waals surface area contributed by atoms with E-state index in [1.54, 1.807) is 30.0 Å². The molecule has 34 heavy (non-hydrogen) atoms. The SMILES string of the molecule is CCOC(=O)c1cc(-c2ccc(C(=O)O)cc2)oc1N(C(=O)[C@H]1CC[C@H](C)CC1)C1CCOC1. The van der Waals surface area contributed by atoms with Crippen LogP contribution in [-0.2, 0) is 14.3 Å². The number of rotatable bonds is 7. The van der Waals surface area contributed by atoms with Crippen molar-refractivity contribution in [2.24, 2.45) is 11.8 Å². The van der Waals surface area contributed by atoms with Crippen molar-refractivity contribution in [2.75, 3.05) is 24.7 Å². The smallest absolute Gasteiger partial charge is 0.343 e. The van der Waals surface area contributed by atoms with Crippen molar-refractivity contribution in [3.8, 4) is 11.3 Å². The zero-order chi connectivity index (χ0) is 24.2. The van der Waals surface area contributed by atoms with Crippen LogP contribution in [0.5, 0.6) is 0 Å². The molecule has 1 aromatic carbocycles. The molecule has 2 aliphatic rings. The van der Waals surface area contributed by atoms with Crippen molar-refractivity contribution < 1.29 is 33.4 Å². The summed E-state index contributed by atoms with van der Waals surface area (Å²) in [6.07, 6.45) is 4.26. The van der Waals surface area contributed by atoms with Gasteiger partial charge in [-0.3, -0.25) is 9.69 Å². The molecule has 0 bridgehead atoms. The van der Waals surface area contributed by atoms with Gasteiger partial charge >= 0.3 is 11.9 Å². The second kappa shape index (κ2) is 10.4. The number of carbonyl (C=O) groups excluding carboxylic acids is 2. The van der Waals surface area contributed by atoms with Crippen LogP contribution in [0, 0.1) is 11.8 Å². The van der Waals surface area contributed by atoms with Gasteiger partial charge in [-0.1, -0.05) is 19.1 Å². The Hall–Kier alpha value is -3.13. The predicted molar refractivity (Wildman–Crippen MR) is 125 cm³/mol. The Balaban J connectivity index is 1.74. The first-order valence-electron chi connectivity index (χ1n) is 11.9. The summed E-state index contributed by atoms with van der Waals surface area (Å²) in [6.45, 7) is 5.03. The number of nitrogens with zero attached hydrogens (tertiary/aromatic N) is 1. The molecule has 8 heteroatoms. The molecular weight excluding hydrogens is 438 g/mol. The van der Waals surface area contributed by atoms with Crippen molar-refractivity contribution in [1.82, 2.24) is 0 Å². The summed E-state index contributed by atoms with van der Waals surface area (Å²) in [5.74, 6) is -0.627. The number of carbonyl (C=O) groups is 3. The van der Waals surface area contributed by atoms with Crippen LogP contribution in [0.15, 0.2) is 34.7 Å². The fraction of sp³-hybridized carbons (Fsp3) is 0.500. The third-order valence-electron chi connectivity index (χ3n) is 6.72. The van der Waals surface area contributed by atoms with Crippen LogP contribution in [0.3, 0.4) is 0 Å². The van der Waals surface area contributed by atoms with Gasteiger partial charge in [-0.25, -0.2) is 9.59 Å². The van der Waals surface area contributed by atoms with Gasteiger partial charge < -0.3 is 19.0 Å². The number of hydrogen-bond donors (Lipinski definition) is 1. The van der Waals surface area contributed by atoms with Gasteiger partial charge in [-0.05, 0) is 57.1 Å². The Labute approximate surface area is 198 Å². The first kappa shape index (κ1) is 24.0.